The van der Waals surface area contributed by atoms with Crippen molar-refractivity contribution < 1.29 is 0 Å². The second-order valence-electron chi connectivity index (χ2n) is 4.21. The van der Waals surface area contributed by atoms with Gasteiger partial charge >= 0.3 is 0 Å². The van der Waals surface area contributed by atoms with E-state index in [0.29, 0.717) is 12.2 Å². The van der Waals surface area contributed by atoms with E-state index in [0.717, 1.165) is 28.0 Å². The molecule has 0 saturated heterocycles. The number of aryl methyl sites for hydroxylation is 1. The van der Waals surface area contributed by atoms with E-state index in [9.17, 15) is 0 Å². The first kappa shape index (κ1) is 13.0. The van der Waals surface area contributed by atoms with E-state index in [4.69, 9.17) is 5.73 Å². The van der Waals surface area contributed by atoms with Crippen LogP contribution in [0.25, 0.3) is 0 Å². The van der Waals surface area contributed by atoms with Crippen LogP contribution in [-0.2, 0) is 12.8 Å². The van der Waals surface area contributed by atoms with Gasteiger partial charge in [-0.1, -0.05) is 41.1 Å². The standard InChI is InChI=1S/C14H16BrN3/c1-3-11-9(2)17-13(18-14(11)16)8-10-6-4-5-7-12(10)15/h4-7H,3,8H2,1-2H3,(H2,16,17,18). The molecule has 2 rings (SSSR count). The second-order valence-corrected chi connectivity index (χ2v) is 5.07. The molecule has 0 amide bonds. The van der Waals surface area contributed by atoms with Gasteiger partial charge in [0.25, 0.3) is 0 Å². The number of halogens is 1. The summed E-state index contributed by atoms with van der Waals surface area (Å²) in [7, 11) is 0. The molecule has 0 unspecified atom stereocenters. The molecule has 0 saturated carbocycles. The van der Waals surface area contributed by atoms with Crippen LogP contribution in [-0.4, -0.2) is 9.97 Å². The number of nitrogen functional groups attached to an aromatic ring is 1. The van der Waals surface area contributed by atoms with Crippen LogP contribution in [0.15, 0.2) is 28.7 Å². The van der Waals surface area contributed by atoms with Crippen LogP contribution in [0.4, 0.5) is 5.82 Å². The van der Waals surface area contributed by atoms with Crippen LogP contribution in [0.5, 0.6) is 0 Å². The van der Waals surface area contributed by atoms with Crippen molar-refractivity contribution in [1.82, 2.24) is 9.97 Å². The maximum atomic E-state index is 5.96. The Balaban J connectivity index is 2.34. The summed E-state index contributed by atoms with van der Waals surface area (Å²) >= 11 is 3.53. The summed E-state index contributed by atoms with van der Waals surface area (Å²) in [5.74, 6) is 1.38. The van der Waals surface area contributed by atoms with Crippen LogP contribution in [0.2, 0.25) is 0 Å². The molecular weight excluding hydrogens is 290 g/mol. The smallest absolute Gasteiger partial charge is 0.135 e. The highest BCUT2D eigenvalue weighted by molar-refractivity contribution is 9.10. The van der Waals surface area contributed by atoms with Gasteiger partial charge in [-0.2, -0.15) is 0 Å². The molecule has 0 aliphatic carbocycles. The Morgan fingerprint density at radius 2 is 1.94 bits per heavy atom. The van der Waals surface area contributed by atoms with Gasteiger partial charge in [0, 0.05) is 22.2 Å². The topological polar surface area (TPSA) is 51.8 Å². The highest BCUT2D eigenvalue weighted by Gasteiger charge is 2.09. The molecule has 0 fully saturated rings. The van der Waals surface area contributed by atoms with Crippen LogP contribution in [0.3, 0.4) is 0 Å². The Hall–Kier alpha value is -1.42. The van der Waals surface area contributed by atoms with E-state index in [1.807, 2.05) is 25.1 Å². The molecule has 2 N–H and O–H groups in total. The molecule has 0 spiro atoms. The average molecular weight is 306 g/mol. The van der Waals surface area contributed by atoms with Crippen LogP contribution in [0, 0.1) is 6.92 Å². The molecule has 94 valence electrons. The largest absolute Gasteiger partial charge is 0.383 e. The fourth-order valence-electron chi connectivity index (χ4n) is 2.01. The first-order valence-electron chi connectivity index (χ1n) is 5.97. The lowest BCUT2D eigenvalue weighted by Crippen LogP contribution is -2.07. The molecule has 0 aliphatic heterocycles. The minimum Gasteiger partial charge on any atom is -0.383 e. The van der Waals surface area contributed by atoms with E-state index in [-0.39, 0.29) is 0 Å². The predicted octanol–water partition coefficient (Wildman–Crippen LogP) is 3.28. The van der Waals surface area contributed by atoms with E-state index in [1.54, 1.807) is 0 Å². The Morgan fingerprint density at radius 1 is 1.22 bits per heavy atom. The Kier molecular flexibility index (Phi) is 3.97. The maximum absolute atomic E-state index is 5.96. The van der Waals surface area contributed by atoms with Crippen molar-refractivity contribution in [3.05, 3.63) is 51.4 Å². The lowest BCUT2D eigenvalue weighted by molar-refractivity contribution is 0.911. The van der Waals surface area contributed by atoms with Crippen molar-refractivity contribution in [2.75, 3.05) is 5.73 Å². The summed E-state index contributed by atoms with van der Waals surface area (Å²) in [5.41, 5.74) is 9.15. The molecule has 3 nitrogen and oxygen atoms in total. The van der Waals surface area contributed by atoms with Crippen molar-refractivity contribution in [3.63, 3.8) is 0 Å². The number of nitrogens with zero attached hydrogens (tertiary/aromatic N) is 2. The molecular formula is C14H16BrN3. The highest BCUT2D eigenvalue weighted by Crippen LogP contribution is 2.20. The molecule has 1 heterocycles. The molecule has 2 aromatic rings. The zero-order valence-corrected chi connectivity index (χ0v) is 12.2. The Morgan fingerprint density at radius 3 is 2.56 bits per heavy atom. The van der Waals surface area contributed by atoms with Gasteiger partial charge in [0.2, 0.25) is 0 Å². The minimum absolute atomic E-state index is 0.604. The first-order valence-corrected chi connectivity index (χ1v) is 6.76. The first-order chi connectivity index (χ1) is 8.61. The van der Waals surface area contributed by atoms with Crippen molar-refractivity contribution in [1.29, 1.82) is 0 Å². The van der Waals surface area contributed by atoms with Crippen LogP contribution < -0.4 is 5.73 Å². The zero-order valence-electron chi connectivity index (χ0n) is 10.6. The van der Waals surface area contributed by atoms with Gasteiger partial charge in [-0.25, -0.2) is 9.97 Å². The summed E-state index contributed by atoms with van der Waals surface area (Å²) in [6.45, 7) is 4.05. The Bertz CT molecular complexity index is 544. The van der Waals surface area contributed by atoms with Crippen LogP contribution in [0.1, 0.15) is 29.6 Å². The van der Waals surface area contributed by atoms with Gasteiger partial charge < -0.3 is 5.73 Å². The SMILES string of the molecule is CCc1c(C)nc(Cc2ccccc2Br)nc1N. The number of anilines is 1. The van der Waals surface area contributed by atoms with Gasteiger partial charge in [0.15, 0.2) is 0 Å². The fourth-order valence-corrected chi connectivity index (χ4v) is 2.43. The maximum Gasteiger partial charge on any atom is 0.135 e. The predicted molar refractivity (Wildman–Crippen MR) is 77.5 cm³/mol. The van der Waals surface area contributed by atoms with Gasteiger partial charge in [-0.05, 0) is 25.0 Å². The van der Waals surface area contributed by atoms with E-state index in [1.165, 1.54) is 5.56 Å². The van der Waals surface area contributed by atoms with Gasteiger partial charge in [-0.3, -0.25) is 0 Å². The van der Waals surface area contributed by atoms with E-state index < -0.39 is 0 Å². The molecule has 0 bridgehead atoms. The monoisotopic (exact) mass is 305 g/mol. The molecule has 1 aromatic carbocycles. The molecule has 0 aliphatic rings. The normalized spacial score (nSPS) is 10.6. The summed E-state index contributed by atoms with van der Waals surface area (Å²) in [5, 5.41) is 0. The number of aromatic nitrogens is 2. The van der Waals surface area contributed by atoms with Gasteiger partial charge in [0.05, 0.1) is 0 Å². The molecule has 18 heavy (non-hydrogen) atoms. The average Bonchev–Trinajstić information content (AvgIpc) is 2.32. The van der Waals surface area contributed by atoms with Gasteiger partial charge in [-0.15, -0.1) is 0 Å². The molecule has 1 aromatic heterocycles. The fraction of sp³-hybridized carbons (Fsp3) is 0.286. The number of nitrogens with two attached hydrogens (primary N) is 1. The van der Waals surface area contributed by atoms with Gasteiger partial charge in [0.1, 0.15) is 11.6 Å². The molecule has 4 heteroatoms. The minimum atomic E-state index is 0.604. The quantitative estimate of drug-likeness (QED) is 0.946. The summed E-state index contributed by atoms with van der Waals surface area (Å²) in [4.78, 5) is 8.92. The summed E-state index contributed by atoms with van der Waals surface area (Å²) in [6.07, 6.45) is 1.56. The highest BCUT2D eigenvalue weighted by atomic mass is 79.9. The van der Waals surface area contributed by atoms with E-state index >= 15 is 0 Å². The van der Waals surface area contributed by atoms with Crippen molar-refractivity contribution in [2.45, 2.75) is 26.7 Å². The lowest BCUT2D eigenvalue weighted by Gasteiger charge is -2.09. The van der Waals surface area contributed by atoms with Crippen molar-refractivity contribution in [2.24, 2.45) is 0 Å². The number of hydrogen-bond donors (Lipinski definition) is 1. The van der Waals surface area contributed by atoms with Crippen LogP contribution >= 0.6 is 15.9 Å². The Labute approximate surface area is 116 Å². The number of rotatable bonds is 3. The second kappa shape index (κ2) is 5.48. The van der Waals surface area contributed by atoms with E-state index in [2.05, 4.69) is 38.9 Å². The molecule has 0 atom stereocenters. The third-order valence-electron chi connectivity index (χ3n) is 2.95. The van der Waals surface area contributed by atoms with Crippen molar-refractivity contribution in [3.8, 4) is 0 Å². The third kappa shape index (κ3) is 2.70. The zero-order chi connectivity index (χ0) is 13.1. The third-order valence-corrected chi connectivity index (χ3v) is 3.73. The number of hydrogen-bond acceptors (Lipinski definition) is 3. The summed E-state index contributed by atoms with van der Waals surface area (Å²) in [6, 6.07) is 8.09. The summed E-state index contributed by atoms with van der Waals surface area (Å²) < 4.78 is 1.07. The number of benzene rings is 1. The lowest BCUT2D eigenvalue weighted by atomic mass is 10.1. The van der Waals surface area contributed by atoms with Crippen molar-refractivity contribution >= 4 is 21.7 Å². The molecule has 0 radical (unpaired) electrons.